The van der Waals surface area contributed by atoms with Crippen LogP contribution in [-0.2, 0) is 4.74 Å². The lowest BCUT2D eigenvalue weighted by Crippen LogP contribution is -2.38. The van der Waals surface area contributed by atoms with Crippen LogP contribution in [0.15, 0.2) is 24.3 Å². The molecular weight excluding hydrogens is 230 g/mol. The standard InChI is InChI=1S/C14H21NO3/c1-11(15(2)9-10-17-3)14(16)12-5-7-13(18-4)8-6-12/h5-8,11H,9-10H2,1-4H3. The van der Waals surface area contributed by atoms with Gasteiger partial charge in [-0.15, -0.1) is 0 Å². The molecule has 4 nitrogen and oxygen atoms in total. The van der Waals surface area contributed by atoms with E-state index >= 15 is 0 Å². The second-order valence-electron chi connectivity index (χ2n) is 4.24. The monoisotopic (exact) mass is 251 g/mol. The quantitative estimate of drug-likeness (QED) is 0.693. The Balaban J connectivity index is 2.67. The van der Waals surface area contributed by atoms with Crippen LogP contribution < -0.4 is 4.74 Å². The minimum Gasteiger partial charge on any atom is -0.497 e. The van der Waals surface area contributed by atoms with Gasteiger partial charge in [0.05, 0.1) is 19.8 Å². The Morgan fingerprint density at radius 2 is 1.89 bits per heavy atom. The third-order valence-electron chi connectivity index (χ3n) is 3.06. The van der Waals surface area contributed by atoms with Gasteiger partial charge in [0.25, 0.3) is 0 Å². The second-order valence-corrected chi connectivity index (χ2v) is 4.24. The number of hydrogen-bond acceptors (Lipinski definition) is 4. The number of ether oxygens (including phenoxy) is 2. The van der Waals surface area contributed by atoms with Gasteiger partial charge in [0.2, 0.25) is 0 Å². The molecule has 0 aromatic heterocycles. The molecule has 0 bridgehead atoms. The number of nitrogens with zero attached hydrogens (tertiary/aromatic N) is 1. The highest BCUT2D eigenvalue weighted by Gasteiger charge is 2.19. The number of likely N-dealkylation sites (N-methyl/N-ethyl adjacent to an activating group) is 1. The van der Waals surface area contributed by atoms with Crippen molar-refractivity contribution >= 4 is 5.78 Å². The van der Waals surface area contributed by atoms with Crippen LogP contribution in [0.2, 0.25) is 0 Å². The number of methoxy groups -OCH3 is 2. The van der Waals surface area contributed by atoms with Crippen molar-refractivity contribution in [3.05, 3.63) is 29.8 Å². The predicted octanol–water partition coefficient (Wildman–Crippen LogP) is 1.84. The average Bonchev–Trinajstić information content (AvgIpc) is 2.43. The fourth-order valence-electron chi connectivity index (χ4n) is 1.63. The summed E-state index contributed by atoms with van der Waals surface area (Å²) in [5.74, 6) is 0.864. The summed E-state index contributed by atoms with van der Waals surface area (Å²) in [4.78, 5) is 14.2. The van der Waals surface area contributed by atoms with Gasteiger partial charge in [0, 0.05) is 19.2 Å². The van der Waals surface area contributed by atoms with E-state index in [0.29, 0.717) is 12.2 Å². The molecule has 0 heterocycles. The Hall–Kier alpha value is -1.39. The first-order chi connectivity index (χ1) is 8.60. The van der Waals surface area contributed by atoms with E-state index in [0.717, 1.165) is 12.3 Å². The molecule has 18 heavy (non-hydrogen) atoms. The Bertz CT molecular complexity index is 375. The van der Waals surface area contributed by atoms with Gasteiger partial charge in [-0.2, -0.15) is 0 Å². The van der Waals surface area contributed by atoms with Gasteiger partial charge in [0.1, 0.15) is 5.75 Å². The van der Waals surface area contributed by atoms with Crippen molar-refractivity contribution in [1.29, 1.82) is 0 Å². The lowest BCUT2D eigenvalue weighted by Gasteiger charge is -2.23. The van der Waals surface area contributed by atoms with Gasteiger partial charge >= 0.3 is 0 Å². The number of carbonyl (C=O) groups is 1. The van der Waals surface area contributed by atoms with E-state index in [9.17, 15) is 4.79 Å². The van der Waals surface area contributed by atoms with E-state index in [1.54, 1.807) is 38.5 Å². The van der Waals surface area contributed by atoms with Crippen LogP contribution in [0, 0.1) is 0 Å². The number of carbonyl (C=O) groups excluding carboxylic acids is 1. The molecule has 1 atom stereocenters. The molecule has 4 heteroatoms. The zero-order valence-corrected chi connectivity index (χ0v) is 11.5. The summed E-state index contributed by atoms with van der Waals surface area (Å²) in [5.41, 5.74) is 0.701. The maximum Gasteiger partial charge on any atom is 0.179 e. The van der Waals surface area contributed by atoms with Gasteiger partial charge in [-0.3, -0.25) is 9.69 Å². The smallest absolute Gasteiger partial charge is 0.179 e. The molecule has 0 N–H and O–H groups in total. The van der Waals surface area contributed by atoms with Crippen LogP contribution in [0.1, 0.15) is 17.3 Å². The van der Waals surface area contributed by atoms with E-state index in [1.807, 2.05) is 18.9 Å². The van der Waals surface area contributed by atoms with Crippen molar-refractivity contribution < 1.29 is 14.3 Å². The fourth-order valence-corrected chi connectivity index (χ4v) is 1.63. The molecule has 0 aliphatic carbocycles. The van der Waals surface area contributed by atoms with Gasteiger partial charge in [-0.25, -0.2) is 0 Å². The first-order valence-corrected chi connectivity index (χ1v) is 5.97. The molecule has 0 aliphatic rings. The summed E-state index contributed by atoms with van der Waals surface area (Å²) < 4.78 is 10.1. The van der Waals surface area contributed by atoms with Crippen LogP contribution >= 0.6 is 0 Å². The Labute approximate surface area is 108 Å². The summed E-state index contributed by atoms with van der Waals surface area (Å²) in [6.07, 6.45) is 0. The molecule has 0 amide bonds. The molecule has 0 saturated carbocycles. The third kappa shape index (κ3) is 3.82. The second kappa shape index (κ2) is 7.13. The Morgan fingerprint density at radius 3 is 2.39 bits per heavy atom. The highest BCUT2D eigenvalue weighted by atomic mass is 16.5. The van der Waals surface area contributed by atoms with Crippen molar-refractivity contribution in [3.8, 4) is 5.75 Å². The topological polar surface area (TPSA) is 38.8 Å². The number of hydrogen-bond donors (Lipinski definition) is 0. The van der Waals surface area contributed by atoms with E-state index in [-0.39, 0.29) is 11.8 Å². The minimum atomic E-state index is -0.159. The van der Waals surface area contributed by atoms with Crippen LogP contribution in [-0.4, -0.2) is 51.1 Å². The summed E-state index contributed by atoms with van der Waals surface area (Å²) in [7, 11) is 5.19. The molecular formula is C14H21NO3. The molecule has 0 saturated heterocycles. The average molecular weight is 251 g/mol. The molecule has 1 aromatic carbocycles. The molecule has 1 unspecified atom stereocenters. The summed E-state index contributed by atoms with van der Waals surface area (Å²) in [5, 5.41) is 0. The molecule has 0 aliphatic heterocycles. The van der Waals surface area contributed by atoms with Crippen molar-refractivity contribution in [3.63, 3.8) is 0 Å². The number of Topliss-reactive ketones (excluding diaryl/α,β-unsaturated/α-hetero) is 1. The van der Waals surface area contributed by atoms with Crippen LogP contribution in [0.4, 0.5) is 0 Å². The van der Waals surface area contributed by atoms with Crippen LogP contribution in [0.25, 0.3) is 0 Å². The van der Waals surface area contributed by atoms with Crippen molar-refractivity contribution in [1.82, 2.24) is 4.90 Å². The van der Waals surface area contributed by atoms with Crippen LogP contribution in [0.3, 0.4) is 0 Å². The molecule has 0 spiro atoms. The highest BCUT2D eigenvalue weighted by Crippen LogP contribution is 2.14. The number of benzene rings is 1. The summed E-state index contributed by atoms with van der Waals surface area (Å²) in [6, 6.07) is 7.03. The summed E-state index contributed by atoms with van der Waals surface area (Å²) in [6.45, 7) is 3.26. The van der Waals surface area contributed by atoms with E-state index in [4.69, 9.17) is 9.47 Å². The molecule has 1 rings (SSSR count). The lowest BCUT2D eigenvalue weighted by atomic mass is 10.0. The van der Waals surface area contributed by atoms with Crippen LogP contribution in [0.5, 0.6) is 5.75 Å². The third-order valence-corrected chi connectivity index (χ3v) is 3.06. The van der Waals surface area contributed by atoms with Gasteiger partial charge in [-0.05, 0) is 38.2 Å². The molecule has 0 radical (unpaired) electrons. The number of rotatable bonds is 7. The zero-order valence-electron chi connectivity index (χ0n) is 11.5. The zero-order chi connectivity index (χ0) is 13.5. The van der Waals surface area contributed by atoms with Gasteiger partial charge in [0.15, 0.2) is 5.78 Å². The van der Waals surface area contributed by atoms with Crippen molar-refractivity contribution in [2.45, 2.75) is 13.0 Å². The molecule has 100 valence electrons. The van der Waals surface area contributed by atoms with Crippen molar-refractivity contribution in [2.24, 2.45) is 0 Å². The summed E-state index contributed by atoms with van der Waals surface area (Å²) >= 11 is 0. The first-order valence-electron chi connectivity index (χ1n) is 5.97. The SMILES string of the molecule is COCCN(C)C(C)C(=O)c1ccc(OC)cc1. The Morgan fingerprint density at radius 1 is 1.28 bits per heavy atom. The van der Waals surface area contributed by atoms with Gasteiger partial charge < -0.3 is 9.47 Å². The van der Waals surface area contributed by atoms with Crippen molar-refractivity contribution in [2.75, 3.05) is 34.4 Å². The normalized spacial score (nSPS) is 12.5. The molecule has 0 fully saturated rings. The van der Waals surface area contributed by atoms with E-state index < -0.39 is 0 Å². The van der Waals surface area contributed by atoms with E-state index in [2.05, 4.69) is 0 Å². The Kier molecular flexibility index (Phi) is 5.82. The fraction of sp³-hybridized carbons (Fsp3) is 0.500. The highest BCUT2D eigenvalue weighted by molar-refractivity contribution is 5.99. The lowest BCUT2D eigenvalue weighted by molar-refractivity contribution is 0.0826. The largest absolute Gasteiger partial charge is 0.497 e. The maximum atomic E-state index is 12.2. The first kappa shape index (κ1) is 14.7. The number of ketones is 1. The van der Waals surface area contributed by atoms with Gasteiger partial charge in [-0.1, -0.05) is 0 Å². The van der Waals surface area contributed by atoms with E-state index in [1.165, 1.54) is 0 Å². The molecule has 1 aromatic rings. The minimum absolute atomic E-state index is 0.108. The predicted molar refractivity (Wildman–Crippen MR) is 71.3 cm³/mol. The maximum absolute atomic E-state index is 12.2.